The fourth-order valence-electron chi connectivity index (χ4n) is 1.84. The first-order valence-corrected chi connectivity index (χ1v) is 5.76. The first-order chi connectivity index (χ1) is 6.48. The van der Waals surface area contributed by atoms with Crippen molar-refractivity contribution in [1.29, 1.82) is 0 Å². The second kappa shape index (κ2) is 4.43. The number of anilines is 1. The standard InChI is InChI=1S/C9H11NO3S.Na/c10-8-4-6-2-1-3-7(6)5-9(8)14(11,12)13;/h4-5H,1-3,10H2,(H,11,12,13);/q;+1/p-1. The molecule has 0 radical (unpaired) electrons. The van der Waals surface area contributed by atoms with E-state index in [1.54, 1.807) is 6.07 Å². The number of nitrogen functional groups attached to an aromatic ring is 1. The summed E-state index contributed by atoms with van der Waals surface area (Å²) in [5.74, 6) is 0. The molecule has 0 saturated carbocycles. The van der Waals surface area contributed by atoms with Crippen molar-refractivity contribution in [3.05, 3.63) is 23.3 Å². The zero-order valence-corrected chi connectivity index (χ0v) is 11.3. The van der Waals surface area contributed by atoms with E-state index >= 15 is 0 Å². The molecule has 0 unspecified atom stereocenters. The molecular formula is C9H10NNaO3S. The molecule has 2 rings (SSSR count). The van der Waals surface area contributed by atoms with Gasteiger partial charge in [-0.05, 0) is 42.5 Å². The van der Waals surface area contributed by atoms with Gasteiger partial charge < -0.3 is 10.3 Å². The third-order valence-corrected chi connectivity index (χ3v) is 3.39. The molecule has 1 aliphatic rings. The molecule has 1 aliphatic carbocycles. The summed E-state index contributed by atoms with van der Waals surface area (Å²) in [6.45, 7) is 0. The van der Waals surface area contributed by atoms with Crippen LogP contribution in [0.5, 0.6) is 0 Å². The minimum atomic E-state index is -4.43. The number of aryl methyl sites for hydroxylation is 2. The Bertz CT molecular complexity index is 484. The SMILES string of the molecule is Nc1cc2c(cc1S(=O)(=O)[O-])CCC2.[Na+]. The van der Waals surface area contributed by atoms with E-state index in [1.807, 2.05) is 0 Å². The van der Waals surface area contributed by atoms with E-state index in [2.05, 4.69) is 0 Å². The Labute approximate surface area is 111 Å². The number of nitrogens with two attached hydrogens (primary N) is 1. The molecule has 76 valence electrons. The molecule has 2 N–H and O–H groups in total. The van der Waals surface area contributed by atoms with Crippen molar-refractivity contribution in [3.63, 3.8) is 0 Å². The largest absolute Gasteiger partial charge is 1.00 e. The van der Waals surface area contributed by atoms with Gasteiger partial charge >= 0.3 is 29.6 Å². The molecule has 4 nitrogen and oxygen atoms in total. The summed E-state index contributed by atoms with van der Waals surface area (Å²) >= 11 is 0. The van der Waals surface area contributed by atoms with Crippen LogP contribution >= 0.6 is 0 Å². The van der Waals surface area contributed by atoms with Crippen molar-refractivity contribution in [3.8, 4) is 0 Å². The van der Waals surface area contributed by atoms with Crippen molar-refractivity contribution < 1.29 is 42.5 Å². The molecule has 0 atom stereocenters. The van der Waals surface area contributed by atoms with Crippen LogP contribution in [0.2, 0.25) is 0 Å². The number of rotatable bonds is 1. The van der Waals surface area contributed by atoms with Gasteiger partial charge in [-0.3, -0.25) is 0 Å². The normalized spacial score (nSPS) is 14.5. The van der Waals surface area contributed by atoms with E-state index in [1.165, 1.54) is 6.07 Å². The molecule has 0 spiro atoms. The number of hydrogen-bond acceptors (Lipinski definition) is 4. The van der Waals surface area contributed by atoms with E-state index in [4.69, 9.17) is 5.73 Å². The summed E-state index contributed by atoms with van der Waals surface area (Å²) in [6.07, 6.45) is 2.74. The van der Waals surface area contributed by atoms with Gasteiger partial charge in [-0.25, -0.2) is 8.42 Å². The molecule has 1 aromatic carbocycles. The zero-order valence-electron chi connectivity index (χ0n) is 8.49. The van der Waals surface area contributed by atoms with Crippen LogP contribution in [0.15, 0.2) is 17.0 Å². The van der Waals surface area contributed by atoms with Crippen molar-refractivity contribution in [2.75, 3.05) is 5.73 Å². The molecule has 1 aromatic rings. The maximum absolute atomic E-state index is 10.8. The Hall–Kier alpha value is -0.0700. The molecular weight excluding hydrogens is 225 g/mol. The molecule has 0 bridgehead atoms. The third-order valence-electron chi connectivity index (χ3n) is 2.49. The van der Waals surface area contributed by atoms with Crippen LogP contribution in [0.25, 0.3) is 0 Å². The molecule has 0 aromatic heterocycles. The van der Waals surface area contributed by atoms with Gasteiger partial charge in [-0.2, -0.15) is 0 Å². The van der Waals surface area contributed by atoms with Crippen molar-refractivity contribution in [2.24, 2.45) is 0 Å². The Balaban J connectivity index is 0.00000112. The van der Waals surface area contributed by atoms with Crippen LogP contribution in [-0.2, 0) is 23.0 Å². The second-order valence-electron chi connectivity index (χ2n) is 3.47. The predicted molar refractivity (Wildman–Crippen MR) is 50.8 cm³/mol. The Morgan fingerprint density at radius 3 is 2.27 bits per heavy atom. The maximum atomic E-state index is 10.8. The number of fused-ring (bicyclic) bond motifs is 1. The Morgan fingerprint density at radius 1 is 1.20 bits per heavy atom. The van der Waals surface area contributed by atoms with E-state index in [-0.39, 0.29) is 40.1 Å². The average Bonchev–Trinajstić information content (AvgIpc) is 2.47. The molecule has 0 amide bonds. The first-order valence-electron chi connectivity index (χ1n) is 4.35. The van der Waals surface area contributed by atoms with Gasteiger partial charge in [0.1, 0.15) is 10.1 Å². The van der Waals surface area contributed by atoms with Crippen molar-refractivity contribution in [2.45, 2.75) is 24.2 Å². The van der Waals surface area contributed by atoms with E-state index in [0.29, 0.717) is 0 Å². The maximum Gasteiger partial charge on any atom is 1.00 e. The fourth-order valence-corrected chi connectivity index (χ4v) is 2.47. The Kier molecular flexibility index (Phi) is 3.84. The summed E-state index contributed by atoms with van der Waals surface area (Å²) in [4.78, 5) is -0.279. The molecule has 6 heteroatoms. The molecule has 0 aliphatic heterocycles. The fraction of sp³-hybridized carbons (Fsp3) is 0.333. The van der Waals surface area contributed by atoms with Gasteiger partial charge in [0.25, 0.3) is 0 Å². The summed E-state index contributed by atoms with van der Waals surface area (Å²) in [5.41, 5.74) is 7.57. The molecule has 0 fully saturated rings. The molecule has 0 saturated heterocycles. The van der Waals surface area contributed by atoms with Crippen LogP contribution in [0.4, 0.5) is 5.69 Å². The van der Waals surface area contributed by atoms with Crippen LogP contribution < -0.4 is 35.3 Å². The van der Waals surface area contributed by atoms with E-state index in [0.717, 1.165) is 30.4 Å². The van der Waals surface area contributed by atoms with Gasteiger partial charge in [-0.1, -0.05) is 0 Å². The quantitative estimate of drug-likeness (QED) is 0.336. The first kappa shape index (κ1) is 13.0. The van der Waals surface area contributed by atoms with Crippen molar-refractivity contribution in [1.82, 2.24) is 0 Å². The monoisotopic (exact) mass is 235 g/mol. The third kappa shape index (κ3) is 2.54. The summed E-state index contributed by atoms with van der Waals surface area (Å²) < 4.78 is 32.5. The summed E-state index contributed by atoms with van der Waals surface area (Å²) in [7, 11) is -4.43. The molecule has 15 heavy (non-hydrogen) atoms. The van der Waals surface area contributed by atoms with Crippen molar-refractivity contribution >= 4 is 15.8 Å². The van der Waals surface area contributed by atoms with E-state index < -0.39 is 10.1 Å². The van der Waals surface area contributed by atoms with Gasteiger partial charge in [0.15, 0.2) is 0 Å². The smallest absolute Gasteiger partial charge is 0.744 e. The van der Waals surface area contributed by atoms with Gasteiger partial charge in [0, 0.05) is 5.69 Å². The van der Waals surface area contributed by atoms with Crippen LogP contribution in [-0.4, -0.2) is 13.0 Å². The van der Waals surface area contributed by atoms with Crippen LogP contribution in [0.3, 0.4) is 0 Å². The minimum absolute atomic E-state index is 0. The average molecular weight is 235 g/mol. The summed E-state index contributed by atoms with van der Waals surface area (Å²) in [6, 6.07) is 3.02. The topological polar surface area (TPSA) is 83.2 Å². The van der Waals surface area contributed by atoms with E-state index in [9.17, 15) is 13.0 Å². The summed E-state index contributed by atoms with van der Waals surface area (Å²) in [5, 5.41) is 0. The van der Waals surface area contributed by atoms with Crippen LogP contribution in [0, 0.1) is 0 Å². The second-order valence-corrected chi connectivity index (χ2v) is 4.81. The zero-order chi connectivity index (χ0) is 10.3. The molecule has 0 heterocycles. The van der Waals surface area contributed by atoms with Gasteiger partial charge in [0.2, 0.25) is 0 Å². The number of benzene rings is 1. The number of hydrogen-bond donors (Lipinski definition) is 1. The predicted octanol–water partition coefficient (Wildman–Crippen LogP) is -2.33. The van der Waals surface area contributed by atoms with Gasteiger partial charge in [0.05, 0.1) is 4.90 Å². The van der Waals surface area contributed by atoms with Crippen LogP contribution in [0.1, 0.15) is 17.5 Å². The Morgan fingerprint density at radius 2 is 1.73 bits per heavy atom. The van der Waals surface area contributed by atoms with Gasteiger partial charge in [-0.15, -0.1) is 0 Å². The minimum Gasteiger partial charge on any atom is -0.744 e.